The molecule has 0 saturated heterocycles. The zero-order valence-electron chi connectivity index (χ0n) is 13.6. The number of anilines is 1. The van der Waals surface area contributed by atoms with Gasteiger partial charge in [0.15, 0.2) is 0 Å². The quantitative estimate of drug-likeness (QED) is 0.436. The van der Waals surface area contributed by atoms with E-state index in [4.69, 9.17) is 27.9 Å². The number of methoxy groups -OCH3 is 1. The van der Waals surface area contributed by atoms with Gasteiger partial charge < -0.3 is 4.74 Å². The molecule has 0 aliphatic carbocycles. The van der Waals surface area contributed by atoms with E-state index in [2.05, 4.69) is 46.7 Å². The number of hydrazone groups is 1. The van der Waals surface area contributed by atoms with Crippen molar-refractivity contribution >= 4 is 45.9 Å². The van der Waals surface area contributed by atoms with Crippen LogP contribution < -0.4 is 10.2 Å². The number of halogens is 2. The number of aryl methyl sites for hydroxylation is 1. The average molecular weight is 392 g/mol. The van der Waals surface area contributed by atoms with Crippen LogP contribution in [0, 0.1) is 6.92 Å². The Hall–Kier alpha value is -2.08. The highest BCUT2D eigenvalue weighted by atomic mass is 35.5. The molecule has 0 unspecified atom stereocenters. The average Bonchev–Trinajstić information content (AvgIpc) is 3.04. The lowest BCUT2D eigenvalue weighted by molar-refractivity contribution is 0.414. The van der Waals surface area contributed by atoms with Gasteiger partial charge in [0, 0.05) is 21.5 Å². The molecule has 1 aromatic heterocycles. The summed E-state index contributed by atoms with van der Waals surface area (Å²) < 4.78 is 5.28. The fraction of sp³-hybridized carbons (Fsp3) is 0.111. The molecule has 0 aliphatic rings. The Labute approximate surface area is 160 Å². The number of ether oxygens (including phenoxy) is 1. The topological polar surface area (TPSA) is 46.5 Å². The lowest BCUT2D eigenvalue weighted by Gasteiger charge is -2.07. The molecule has 128 valence electrons. The molecule has 0 aliphatic heterocycles. The van der Waals surface area contributed by atoms with Gasteiger partial charge >= 0.3 is 0 Å². The second kappa shape index (κ2) is 7.87. The standard InChI is InChI=1S/C18H15Cl2N3OS/c1-11-3-5-12(6-4-11)16-10-25-18(22-16)23-21-9-13-7-14(19)8-15(20)17(13)24-2/h3-10H,1-2H3,(H,22,23)/b21-9+. The van der Waals surface area contributed by atoms with E-state index in [9.17, 15) is 0 Å². The molecular formula is C18H15Cl2N3OS. The van der Waals surface area contributed by atoms with E-state index < -0.39 is 0 Å². The van der Waals surface area contributed by atoms with Gasteiger partial charge in [-0.1, -0.05) is 53.0 Å². The molecule has 0 spiro atoms. The monoisotopic (exact) mass is 391 g/mol. The van der Waals surface area contributed by atoms with Crippen molar-refractivity contribution in [1.82, 2.24) is 4.98 Å². The minimum Gasteiger partial charge on any atom is -0.495 e. The molecule has 25 heavy (non-hydrogen) atoms. The van der Waals surface area contributed by atoms with Crippen molar-refractivity contribution < 1.29 is 4.74 Å². The summed E-state index contributed by atoms with van der Waals surface area (Å²) in [6.07, 6.45) is 1.60. The molecule has 1 heterocycles. The van der Waals surface area contributed by atoms with Crippen LogP contribution >= 0.6 is 34.5 Å². The highest BCUT2D eigenvalue weighted by Crippen LogP contribution is 2.31. The summed E-state index contributed by atoms with van der Waals surface area (Å²) in [6, 6.07) is 11.6. The fourth-order valence-corrected chi connectivity index (χ4v) is 3.49. The van der Waals surface area contributed by atoms with Crippen LogP contribution in [0.1, 0.15) is 11.1 Å². The highest BCUT2D eigenvalue weighted by molar-refractivity contribution is 7.14. The van der Waals surface area contributed by atoms with Crippen LogP contribution in [0.2, 0.25) is 10.0 Å². The van der Waals surface area contributed by atoms with E-state index in [1.54, 1.807) is 25.5 Å². The number of aromatic nitrogens is 1. The Balaban J connectivity index is 1.74. The predicted molar refractivity (Wildman–Crippen MR) is 107 cm³/mol. The minimum absolute atomic E-state index is 0.437. The molecular weight excluding hydrogens is 377 g/mol. The van der Waals surface area contributed by atoms with Crippen molar-refractivity contribution in [2.75, 3.05) is 12.5 Å². The van der Waals surface area contributed by atoms with Crippen LogP contribution in [0.15, 0.2) is 46.9 Å². The first-order chi connectivity index (χ1) is 12.1. The summed E-state index contributed by atoms with van der Waals surface area (Å²) in [5.41, 5.74) is 6.80. The number of rotatable bonds is 5. The van der Waals surface area contributed by atoms with Gasteiger partial charge in [-0.2, -0.15) is 5.10 Å². The van der Waals surface area contributed by atoms with Gasteiger partial charge in [0.1, 0.15) is 5.75 Å². The van der Waals surface area contributed by atoms with Crippen molar-refractivity contribution in [1.29, 1.82) is 0 Å². The number of hydrogen-bond acceptors (Lipinski definition) is 5. The van der Waals surface area contributed by atoms with Crippen LogP contribution in [0.5, 0.6) is 5.75 Å². The third kappa shape index (κ3) is 4.31. The lowest BCUT2D eigenvalue weighted by Crippen LogP contribution is -1.95. The van der Waals surface area contributed by atoms with Gasteiger partial charge in [-0.05, 0) is 19.1 Å². The largest absolute Gasteiger partial charge is 0.495 e. The number of hydrogen-bond donors (Lipinski definition) is 1. The van der Waals surface area contributed by atoms with E-state index >= 15 is 0 Å². The summed E-state index contributed by atoms with van der Waals surface area (Å²) in [5.74, 6) is 0.524. The van der Waals surface area contributed by atoms with Crippen molar-refractivity contribution in [2.24, 2.45) is 5.10 Å². The van der Waals surface area contributed by atoms with Crippen LogP contribution in [-0.2, 0) is 0 Å². The molecule has 0 fully saturated rings. The van der Waals surface area contributed by atoms with Crippen molar-refractivity contribution in [3.05, 3.63) is 63.0 Å². The molecule has 3 rings (SSSR count). The van der Waals surface area contributed by atoms with E-state index in [1.807, 2.05) is 5.38 Å². The Morgan fingerprint density at radius 2 is 1.96 bits per heavy atom. The predicted octanol–water partition coefficient (Wildman–Crippen LogP) is 5.88. The van der Waals surface area contributed by atoms with Crippen molar-refractivity contribution in [3.63, 3.8) is 0 Å². The molecule has 0 bridgehead atoms. The van der Waals surface area contributed by atoms with Gasteiger partial charge in [-0.25, -0.2) is 4.98 Å². The highest BCUT2D eigenvalue weighted by Gasteiger charge is 2.08. The summed E-state index contributed by atoms with van der Waals surface area (Å²) >= 11 is 13.6. The Morgan fingerprint density at radius 1 is 1.20 bits per heavy atom. The molecule has 0 radical (unpaired) electrons. The maximum Gasteiger partial charge on any atom is 0.203 e. The first kappa shape index (κ1) is 17.7. The smallest absolute Gasteiger partial charge is 0.203 e. The molecule has 4 nitrogen and oxygen atoms in total. The van der Waals surface area contributed by atoms with Gasteiger partial charge in [0.2, 0.25) is 5.13 Å². The molecule has 0 saturated carbocycles. The summed E-state index contributed by atoms with van der Waals surface area (Å²) in [6.45, 7) is 2.06. The number of nitrogens with zero attached hydrogens (tertiary/aromatic N) is 2. The molecule has 0 amide bonds. The van der Waals surface area contributed by atoms with Crippen LogP contribution in [0.25, 0.3) is 11.3 Å². The Morgan fingerprint density at radius 3 is 2.68 bits per heavy atom. The Kier molecular flexibility index (Phi) is 5.58. The molecule has 1 N–H and O–H groups in total. The zero-order valence-corrected chi connectivity index (χ0v) is 15.9. The van der Waals surface area contributed by atoms with Gasteiger partial charge in [-0.3, -0.25) is 5.43 Å². The van der Waals surface area contributed by atoms with Gasteiger partial charge in [0.05, 0.1) is 24.0 Å². The third-order valence-corrected chi connectivity index (χ3v) is 4.70. The SMILES string of the molecule is COc1c(Cl)cc(Cl)cc1/C=N/Nc1nc(-c2ccc(C)cc2)cs1. The zero-order chi connectivity index (χ0) is 17.8. The van der Waals surface area contributed by atoms with E-state index in [1.165, 1.54) is 16.9 Å². The van der Waals surface area contributed by atoms with Crippen molar-refractivity contribution in [2.45, 2.75) is 6.92 Å². The maximum atomic E-state index is 6.11. The van der Waals surface area contributed by atoms with Crippen LogP contribution in [-0.4, -0.2) is 18.3 Å². The van der Waals surface area contributed by atoms with Crippen LogP contribution in [0.4, 0.5) is 5.13 Å². The third-order valence-electron chi connectivity index (χ3n) is 3.46. The second-order valence-electron chi connectivity index (χ2n) is 5.28. The Bertz CT molecular complexity index is 907. The first-order valence-electron chi connectivity index (χ1n) is 7.41. The summed E-state index contributed by atoms with van der Waals surface area (Å²) in [4.78, 5) is 4.53. The lowest BCUT2D eigenvalue weighted by atomic mass is 10.1. The molecule has 0 atom stereocenters. The first-order valence-corrected chi connectivity index (χ1v) is 9.05. The van der Waals surface area contributed by atoms with E-state index in [-0.39, 0.29) is 0 Å². The van der Waals surface area contributed by atoms with E-state index in [0.29, 0.717) is 26.5 Å². The second-order valence-corrected chi connectivity index (χ2v) is 6.99. The van der Waals surface area contributed by atoms with Crippen molar-refractivity contribution in [3.8, 4) is 17.0 Å². The normalized spacial score (nSPS) is 11.0. The number of thiazole rings is 1. The minimum atomic E-state index is 0.437. The van der Waals surface area contributed by atoms with Gasteiger partial charge in [-0.15, -0.1) is 11.3 Å². The number of benzene rings is 2. The summed E-state index contributed by atoms with van der Waals surface area (Å²) in [5, 5.41) is 7.83. The van der Waals surface area contributed by atoms with E-state index in [0.717, 1.165) is 11.3 Å². The summed E-state index contributed by atoms with van der Waals surface area (Å²) in [7, 11) is 1.55. The van der Waals surface area contributed by atoms with Gasteiger partial charge in [0.25, 0.3) is 0 Å². The number of nitrogens with one attached hydrogen (secondary N) is 1. The fourth-order valence-electron chi connectivity index (χ4n) is 2.23. The molecule has 3 aromatic rings. The maximum absolute atomic E-state index is 6.11. The molecule has 7 heteroatoms. The molecule has 2 aromatic carbocycles. The van der Waals surface area contributed by atoms with Crippen LogP contribution in [0.3, 0.4) is 0 Å².